The van der Waals surface area contributed by atoms with Gasteiger partial charge in [0.2, 0.25) is 5.13 Å². The van der Waals surface area contributed by atoms with Crippen molar-refractivity contribution < 1.29 is 9.47 Å². The van der Waals surface area contributed by atoms with E-state index in [1.54, 1.807) is 25.6 Å². The van der Waals surface area contributed by atoms with E-state index in [0.29, 0.717) is 0 Å². The standard InChI is InChI=1S/C28H25N3O2S/c1-32-24-14-9-20(10-15-24)8-13-23-18-27(22-11-16-25(33-2)17-12-22)31(30-23)28-29-26(19-34-28)21-6-4-3-5-7-21/h3-17,19,27H,18H2,1-2H3/b13-8+. The molecule has 4 aromatic rings. The minimum absolute atomic E-state index is 0.0659. The van der Waals surface area contributed by atoms with Gasteiger partial charge >= 0.3 is 0 Å². The van der Waals surface area contributed by atoms with Crippen LogP contribution in [-0.2, 0) is 0 Å². The Morgan fingerprint density at radius 3 is 2.21 bits per heavy atom. The van der Waals surface area contributed by atoms with Gasteiger partial charge in [-0.2, -0.15) is 5.10 Å². The number of ether oxygens (including phenoxy) is 2. The number of nitrogens with zero attached hydrogens (tertiary/aromatic N) is 3. The van der Waals surface area contributed by atoms with Crippen molar-refractivity contribution in [3.63, 3.8) is 0 Å². The summed E-state index contributed by atoms with van der Waals surface area (Å²) >= 11 is 1.61. The minimum atomic E-state index is 0.0659. The molecule has 0 fully saturated rings. The molecule has 3 aromatic carbocycles. The number of rotatable bonds is 7. The third-order valence-electron chi connectivity index (χ3n) is 5.78. The Labute approximate surface area is 203 Å². The van der Waals surface area contributed by atoms with E-state index < -0.39 is 0 Å². The Kier molecular flexibility index (Phi) is 6.40. The Morgan fingerprint density at radius 2 is 1.53 bits per heavy atom. The topological polar surface area (TPSA) is 47.0 Å². The zero-order chi connectivity index (χ0) is 23.3. The van der Waals surface area contributed by atoms with Crippen molar-refractivity contribution in [1.82, 2.24) is 4.98 Å². The highest BCUT2D eigenvalue weighted by molar-refractivity contribution is 7.14. The molecule has 5 rings (SSSR count). The lowest BCUT2D eigenvalue weighted by Crippen LogP contribution is -2.18. The number of thiazole rings is 1. The summed E-state index contributed by atoms with van der Waals surface area (Å²) in [5.74, 6) is 1.69. The summed E-state index contributed by atoms with van der Waals surface area (Å²) in [7, 11) is 3.36. The van der Waals surface area contributed by atoms with Crippen LogP contribution in [-0.4, -0.2) is 24.9 Å². The molecule has 2 heterocycles. The van der Waals surface area contributed by atoms with Gasteiger partial charge in [-0.3, -0.25) is 0 Å². The Balaban J connectivity index is 1.44. The number of benzene rings is 3. The fourth-order valence-corrected chi connectivity index (χ4v) is 4.75. The largest absolute Gasteiger partial charge is 0.497 e. The van der Waals surface area contributed by atoms with Crippen LogP contribution in [0.25, 0.3) is 17.3 Å². The molecule has 5 nitrogen and oxygen atoms in total. The van der Waals surface area contributed by atoms with Gasteiger partial charge in [-0.1, -0.05) is 60.7 Å². The summed E-state index contributed by atoms with van der Waals surface area (Å²) in [4.78, 5) is 4.92. The molecule has 1 aliphatic heterocycles. The first kappa shape index (κ1) is 21.9. The van der Waals surface area contributed by atoms with E-state index in [2.05, 4.69) is 41.8 Å². The van der Waals surface area contributed by atoms with Gasteiger partial charge in [0.05, 0.1) is 31.7 Å². The van der Waals surface area contributed by atoms with Gasteiger partial charge in [0.1, 0.15) is 11.5 Å². The van der Waals surface area contributed by atoms with E-state index in [1.165, 1.54) is 5.56 Å². The molecule has 0 bridgehead atoms. The fraction of sp³-hybridized carbons (Fsp3) is 0.143. The van der Waals surface area contributed by atoms with Gasteiger partial charge in [0.25, 0.3) is 0 Å². The molecule has 0 aliphatic carbocycles. The smallest absolute Gasteiger partial charge is 0.207 e. The number of hydrazone groups is 1. The molecule has 0 radical (unpaired) electrons. The monoisotopic (exact) mass is 467 g/mol. The van der Waals surface area contributed by atoms with Crippen molar-refractivity contribution in [2.45, 2.75) is 12.5 Å². The van der Waals surface area contributed by atoms with Gasteiger partial charge in [-0.25, -0.2) is 9.99 Å². The lowest BCUT2D eigenvalue weighted by Gasteiger charge is -2.21. The second kappa shape index (κ2) is 9.93. The Hall–Kier alpha value is -3.90. The average molecular weight is 468 g/mol. The van der Waals surface area contributed by atoms with Gasteiger partial charge in [0, 0.05) is 17.4 Å². The van der Waals surface area contributed by atoms with Crippen LogP contribution in [0.3, 0.4) is 0 Å². The van der Waals surface area contributed by atoms with Crippen LogP contribution in [0.15, 0.2) is 95.4 Å². The first-order chi connectivity index (χ1) is 16.7. The molecule has 0 amide bonds. The summed E-state index contributed by atoms with van der Waals surface area (Å²) in [5, 5.41) is 9.99. The zero-order valence-corrected chi connectivity index (χ0v) is 19.9. The lowest BCUT2D eigenvalue weighted by atomic mass is 10.0. The van der Waals surface area contributed by atoms with Crippen molar-refractivity contribution >= 4 is 28.3 Å². The summed E-state index contributed by atoms with van der Waals surface area (Å²) in [6.07, 6.45) is 4.97. The predicted octanol–water partition coefficient (Wildman–Crippen LogP) is 6.85. The molecule has 1 aliphatic rings. The molecule has 170 valence electrons. The molecule has 6 heteroatoms. The van der Waals surface area contributed by atoms with Gasteiger partial charge in [-0.15, -0.1) is 11.3 Å². The number of allylic oxidation sites excluding steroid dienone is 1. The van der Waals surface area contributed by atoms with E-state index in [0.717, 1.165) is 45.6 Å². The van der Waals surface area contributed by atoms with Crippen LogP contribution < -0.4 is 14.5 Å². The van der Waals surface area contributed by atoms with Crippen molar-refractivity contribution in [3.05, 3.63) is 101 Å². The Bertz CT molecular complexity index is 1300. The SMILES string of the molecule is COc1ccc(/C=C/C2=NN(c3nc(-c4ccccc4)cs3)C(c3ccc(OC)cc3)C2)cc1. The van der Waals surface area contributed by atoms with Crippen LogP contribution in [0.1, 0.15) is 23.6 Å². The lowest BCUT2D eigenvalue weighted by molar-refractivity contribution is 0.414. The van der Waals surface area contributed by atoms with Crippen molar-refractivity contribution in [1.29, 1.82) is 0 Å². The minimum Gasteiger partial charge on any atom is -0.497 e. The van der Waals surface area contributed by atoms with Crippen molar-refractivity contribution in [3.8, 4) is 22.8 Å². The van der Waals surface area contributed by atoms with Crippen LogP contribution in [0, 0.1) is 0 Å². The second-order valence-electron chi connectivity index (χ2n) is 7.92. The highest BCUT2D eigenvalue weighted by Crippen LogP contribution is 2.39. The molecular weight excluding hydrogens is 442 g/mol. The molecular formula is C28H25N3O2S. The first-order valence-corrected chi connectivity index (χ1v) is 12.0. The third kappa shape index (κ3) is 4.72. The van der Waals surface area contributed by atoms with Crippen molar-refractivity contribution in [2.75, 3.05) is 19.2 Å². The average Bonchev–Trinajstić information content (AvgIpc) is 3.56. The number of methoxy groups -OCH3 is 2. The summed E-state index contributed by atoms with van der Waals surface area (Å²) in [6.45, 7) is 0. The van der Waals surface area contributed by atoms with E-state index in [-0.39, 0.29) is 6.04 Å². The summed E-state index contributed by atoms with van der Waals surface area (Å²) < 4.78 is 10.6. The molecule has 1 aromatic heterocycles. The van der Waals surface area contributed by atoms with Crippen LogP contribution >= 0.6 is 11.3 Å². The van der Waals surface area contributed by atoms with Crippen LogP contribution in [0.2, 0.25) is 0 Å². The van der Waals surface area contributed by atoms with E-state index in [1.807, 2.05) is 59.6 Å². The summed E-state index contributed by atoms with van der Waals surface area (Å²) in [5.41, 5.74) is 5.35. The van der Waals surface area contributed by atoms with E-state index >= 15 is 0 Å². The second-order valence-corrected chi connectivity index (χ2v) is 8.75. The van der Waals surface area contributed by atoms with E-state index in [9.17, 15) is 0 Å². The molecule has 0 saturated heterocycles. The Morgan fingerprint density at radius 1 is 0.853 bits per heavy atom. The molecule has 0 N–H and O–H groups in total. The number of anilines is 1. The zero-order valence-electron chi connectivity index (χ0n) is 19.1. The first-order valence-electron chi connectivity index (χ1n) is 11.1. The number of aromatic nitrogens is 1. The number of hydrogen-bond acceptors (Lipinski definition) is 6. The van der Waals surface area contributed by atoms with Gasteiger partial charge in [0.15, 0.2) is 0 Å². The van der Waals surface area contributed by atoms with E-state index in [4.69, 9.17) is 19.6 Å². The van der Waals surface area contributed by atoms with Crippen LogP contribution in [0.5, 0.6) is 11.5 Å². The predicted molar refractivity (Wildman–Crippen MR) is 140 cm³/mol. The molecule has 0 spiro atoms. The van der Waals surface area contributed by atoms with Gasteiger partial charge < -0.3 is 9.47 Å². The maximum absolute atomic E-state index is 5.35. The summed E-state index contributed by atoms with van der Waals surface area (Å²) in [6, 6.07) is 26.5. The van der Waals surface area contributed by atoms with Crippen LogP contribution in [0.4, 0.5) is 5.13 Å². The highest BCUT2D eigenvalue weighted by Gasteiger charge is 2.30. The number of hydrogen-bond donors (Lipinski definition) is 0. The fourth-order valence-electron chi connectivity index (χ4n) is 3.91. The molecule has 34 heavy (non-hydrogen) atoms. The van der Waals surface area contributed by atoms with Crippen molar-refractivity contribution in [2.24, 2.45) is 5.10 Å². The highest BCUT2D eigenvalue weighted by atomic mass is 32.1. The molecule has 1 unspecified atom stereocenters. The maximum Gasteiger partial charge on any atom is 0.207 e. The third-order valence-corrected chi connectivity index (χ3v) is 6.61. The molecule has 0 saturated carbocycles. The maximum atomic E-state index is 5.35. The normalized spacial score (nSPS) is 15.5. The quantitative estimate of drug-likeness (QED) is 0.298. The van der Waals surface area contributed by atoms with Gasteiger partial charge in [-0.05, 0) is 41.5 Å². The molecule has 1 atom stereocenters.